The summed E-state index contributed by atoms with van der Waals surface area (Å²) in [7, 11) is -3.85. The quantitative estimate of drug-likeness (QED) is 0.644. The van der Waals surface area contributed by atoms with Crippen LogP contribution in [0.25, 0.3) is 0 Å². The van der Waals surface area contributed by atoms with Crippen LogP contribution in [0.3, 0.4) is 0 Å². The maximum atomic E-state index is 12.9. The SMILES string of the molecule is O=C(O)Cc1cccc(S(=O)(=O)N2CCN(C(=O)Cc3ccc(OC(F)(F)F)cc3)CC2)c1. The first-order valence-corrected chi connectivity index (χ1v) is 11.3. The zero-order valence-electron chi connectivity index (χ0n) is 17.3. The Balaban J connectivity index is 1.58. The molecule has 1 saturated heterocycles. The molecule has 12 heteroatoms. The molecule has 0 radical (unpaired) electrons. The van der Waals surface area contributed by atoms with E-state index in [0.717, 1.165) is 12.1 Å². The Morgan fingerprint density at radius 1 is 0.939 bits per heavy atom. The average molecular weight is 486 g/mol. The molecule has 0 aromatic heterocycles. The molecule has 1 N–H and O–H groups in total. The third-order valence-electron chi connectivity index (χ3n) is 5.00. The number of sulfonamides is 1. The van der Waals surface area contributed by atoms with Crippen LogP contribution in [0.15, 0.2) is 53.4 Å². The van der Waals surface area contributed by atoms with Crippen molar-refractivity contribution in [2.75, 3.05) is 26.2 Å². The van der Waals surface area contributed by atoms with Gasteiger partial charge in [-0.05, 0) is 35.4 Å². The van der Waals surface area contributed by atoms with Crippen molar-refractivity contribution in [1.29, 1.82) is 0 Å². The number of ether oxygens (including phenoxy) is 1. The average Bonchev–Trinajstić information content (AvgIpc) is 2.74. The summed E-state index contributed by atoms with van der Waals surface area (Å²) >= 11 is 0. The number of aliphatic carboxylic acids is 1. The minimum Gasteiger partial charge on any atom is -0.481 e. The molecule has 0 saturated carbocycles. The smallest absolute Gasteiger partial charge is 0.481 e. The number of carboxylic acid groups (broad SMARTS) is 1. The number of piperazine rings is 1. The number of nitrogens with zero attached hydrogens (tertiary/aromatic N) is 2. The molecule has 1 heterocycles. The van der Waals surface area contributed by atoms with Gasteiger partial charge in [-0.1, -0.05) is 24.3 Å². The number of carbonyl (C=O) groups excluding carboxylic acids is 1. The summed E-state index contributed by atoms with van der Waals surface area (Å²) in [6, 6.07) is 10.7. The molecule has 2 aromatic rings. The molecule has 1 fully saturated rings. The number of alkyl halides is 3. The van der Waals surface area contributed by atoms with Crippen molar-refractivity contribution in [3.8, 4) is 5.75 Å². The molecule has 0 aliphatic carbocycles. The summed E-state index contributed by atoms with van der Waals surface area (Å²) in [4.78, 5) is 24.9. The Morgan fingerprint density at radius 2 is 1.58 bits per heavy atom. The molecule has 0 atom stereocenters. The molecule has 1 aliphatic rings. The fraction of sp³-hybridized carbons (Fsp3) is 0.333. The van der Waals surface area contributed by atoms with Crippen molar-refractivity contribution >= 4 is 21.9 Å². The van der Waals surface area contributed by atoms with Crippen LogP contribution in [-0.4, -0.2) is 67.1 Å². The summed E-state index contributed by atoms with van der Waals surface area (Å²) in [5.41, 5.74) is 0.865. The normalized spacial score (nSPS) is 15.3. The monoisotopic (exact) mass is 486 g/mol. The first kappa shape index (κ1) is 24.5. The number of carboxylic acids is 1. The third-order valence-corrected chi connectivity index (χ3v) is 6.89. The molecule has 33 heavy (non-hydrogen) atoms. The van der Waals surface area contributed by atoms with E-state index in [4.69, 9.17) is 5.11 Å². The number of hydrogen-bond acceptors (Lipinski definition) is 5. The third kappa shape index (κ3) is 6.68. The Kier molecular flexibility index (Phi) is 7.28. The van der Waals surface area contributed by atoms with E-state index in [1.807, 2.05) is 0 Å². The van der Waals surface area contributed by atoms with E-state index in [1.165, 1.54) is 45.6 Å². The van der Waals surface area contributed by atoms with Crippen LogP contribution in [0.2, 0.25) is 0 Å². The lowest BCUT2D eigenvalue weighted by Gasteiger charge is -2.34. The van der Waals surface area contributed by atoms with Gasteiger partial charge in [0, 0.05) is 26.2 Å². The molecular weight excluding hydrogens is 465 g/mol. The fourth-order valence-electron chi connectivity index (χ4n) is 3.41. The number of rotatable bonds is 7. The largest absolute Gasteiger partial charge is 0.573 e. The van der Waals surface area contributed by atoms with Gasteiger partial charge in [0.15, 0.2) is 0 Å². The van der Waals surface area contributed by atoms with E-state index in [2.05, 4.69) is 4.74 Å². The Labute approximate surface area is 188 Å². The molecule has 1 aliphatic heterocycles. The van der Waals surface area contributed by atoms with Gasteiger partial charge in [0.05, 0.1) is 17.7 Å². The second-order valence-corrected chi connectivity index (χ2v) is 9.31. The van der Waals surface area contributed by atoms with E-state index in [9.17, 15) is 31.2 Å². The van der Waals surface area contributed by atoms with E-state index in [1.54, 1.807) is 0 Å². The zero-order chi connectivity index (χ0) is 24.2. The van der Waals surface area contributed by atoms with Crippen molar-refractivity contribution in [3.63, 3.8) is 0 Å². The molecule has 0 bridgehead atoms. The number of halogens is 3. The summed E-state index contributed by atoms with van der Waals surface area (Å²) < 4.78 is 67.6. The Bertz CT molecular complexity index is 1110. The number of amides is 1. The van der Waals surface area contributed by atoms with Gasteiger partial charge in [0.2, 0.25) is 15.9 Å². The first-order valence-electron chi connectivity index (χ1n) is 9.87. The van der Waals surface area contributed by atoms with E-state index in [0.29, 0.717) is 11.1 Å². The predicted octanol–water partition coefficient (Wildman–Crippen LogP) is 2.29. The molecule has 178 valence electrons. The molecule has 1 amide bonds. The van der Waals surface area contributed by atoms with E-state index in [-0.39, 0.29) is 55.6 Å². The number of carbonyl (C=O) groups is 2. The zero-order valence-corrected chi connectivity index (χ0v) is 18.1. The molecule has 3 rings (SSSR count). The van der Waals surface area contributed by atoms with Crippen LogP contribution in [0.5, 0.6) is 5.75 Å². The highest BCUT2D eigenvalue weighted by Crippen LogP contribution is 2.23. The van der Waals surface area contributed by atoms with Crippen LogP contribution in [-0.2, 0) is 32.5 Å². The minimum atomic E-state index is -4.80. The maximum Gasteiger partial charge on any atom is 0.573 e. The van der Waals surface area contributed by atoms with Crippen molar-refractivity contribution in [2.45, 2.75) is 24.1 Å². The van der Waals surface area contributed by atoms with Gasteiger partial charge in [0.1, 0.15) is 5.75 Å². The Morgan fingerprint density at radius 3 is 2.15 bits per heavy atom. The fourth-order valence-corrected chi connectivity index (χ4v) is 4.91. The van der Waals surface area contributed by atoms with Crippen molar-refractivity contribution in [2.24, 2.45) is 0 Å². The van der Waals surface area contributed by atoms with Crippen LogP contribution in [0, 0.1) is 0 Å². The van der Waals surface area contributed by atoms with Crippen LogP contribution >= 0.6 is 0 Å². The summed E-state index contributed by atoms with van der Waals surface area (Å²) in [6.07, 6.45) is -5.14. The summed E-state index contributed by atoms with van der Waals surface area (Å²) in [5.74, 6) is -1.73. The number of hydrogen-bond donors (Lipinski definition) is 1. The van der Waals surface area contributed by atoms with Crippen molar-refractivity contribution < 1.29 is 41.0 Å². The summed E-state index contributed by atoms with van der Waals surface area (Å²) in [6.45, 7) is 0.440. The minimum absolute atomic E-state index is 0.0119. The molecular formula is C21H21F3N2O6S. The maximum absolute atomic E-state index is 12.9. The van der Waals surface area contributed by atoms with Crippen LogP contribution in [0.1, 0.15) is 11.1 Å². The highest BCUT2D eigenvalue weighted by atomic mass is 32.2. The molecule has 8 nitrogen and oxygen atoms in total. The van der Waals surface area contributed by atoms with Gasteiger partial charge in [-0.2, -0.15) is 4.31 Å². The lowest BCUT2D eigenvalue weighted by atomic mass is 10.1. The Hall–Kier alpha value is -3.12. The first-order chi connectivity index (χ1) is 15.4. The van der Waals surface area contributed by atoms with Crippen molar-refractivity contribution in [3.05, 3.63) is 59.7 Å². The van der Waals surface area contributed by atoms with Crippen molar-refractivity contribution in [1.82, 2.24) is 9.21 Å². The molecule has 0 unspecified atom stereocenters. The highest BCUT2D eigenvalue weighted by Gasteiger charge is 2.32. The molecule has 2 aromatic carbocycles. The summed E-state index contributed by atoms with van der Waals surface area (Å²) in [5, 5.41) is 8.91. The number of benzene rings is 2. The van der Waals surface area contributed by atoms with Gasteiger partial charge in [-0.3, -0.25) is 9.59 Å². The molecule has 0 spiro atoms. The van der Waals surface area contributed by atoms with Gasteiger partial charge < -0.3 is 14.7 Å². The van der Waals surface area contributed by atoms with Crippen LogP contribution in [0.4, 0.5) is 13.2 Å². The van der Waals surface area contributed by atoms with Crippen LogP contribution < -0.4 is 4.74 Å². The second kappa shape index (κ2) is 9.79. The van der Waals surface area contributed by atoms with E-state index < -0.39 is 22.4 Å². The lowest BCUT2D eigenvalue weighted by Crippen LogP contribution is -2.50. The lowest BCUT2D eigenvalue weighted by molar-refractivity contribution is -0.274. The topological polar surface area (TPSA) is 104 Å². The van der Waals surface area contributed by atoms with Gasteiger partial charge in [-0.15, -0.1) is 13.2 Å². The predicted molar refractivity (Wildman–Crippen MR) is 110 cm³/mol. The van der Waals surface area contributed by atoms with E-state index >= 15 is 0 Å². The second-order valence-electron chi connectivity index (χ2n) is 7.37. The van der Waals surface area contributed by atoms with Gasteiger partial charge in [-0.25, -0.2) is 8.42 Å². The standard InChI is InChI=1S/C21H21F3N2O6S/c22-21(23,24)32-17-6-4-15(5-7-17)13-19(27)25-8-10-26(11-9-25)33(30,31)18-3-1-2-16(12-18)14-20(28)29/h1-7,12H,8-11,13-14H2,(H,28,29). The van der Waals surface area contributed by atoms with Gasteiger partial charge >= 0.3 is 12.3 Å². The van der Waals surface area contributed by atoms with Gasteiger partial charge in [0.25, 0.3) is 0 Å². The highest BCUT2D eigenvalue weighted by molar-refractivity contribution is 7.89.